The van der Waals surface area contributed by atoms with Crippen LogP contribution >= 0.6 is 11.6 Å². The van der Waals surface area contributed by atoms with Crippen LogP contribution in [0.1, 0.15) is 30.6 Å². The van der Waals surface area contributed by atoms with Crippen LogP contribution in [-0.2, 0) is 6.54 Å². The Morgan fingerprint density at radius 2 is 2.22 bits per heavy atom. The van der Waals surface area contributed by atoms with Gasteiger partial charge in [-0.25, -0.2) is 4.39 Å². The first-order valence-electron chi connectivity index (χ1n) is 5.86. The standard InChI is InChI=1S/C13H15ClFN3/c1-2-8-18-11(6-7-17-18)13(16)9-4-3-5-10(15)12(9)14/h3-7,13H,2,8,16H2,1H3. The second kappa shape index (κ2) is 5.50. The van der Waals surface area contributed by atoms with E-state index in [2.05, 4.69) is 12.0 Å². The van der Waals surface area contributed by atoms with E-state index in [-0.39, 0.29) is 5.02 Å². The Labute approximate surface area is 110 Å². The number of halogens is 2. The monoisotopic (exact) mass is 267 g/mol. The second-order valence-corrected chi connectivity index (χ2v) is 4.48. The normalized spacial score (nSPS) is 12.7. The lowest BCUT2D eigenvalue weighted by atomic mass is 10.0. The van der Waals surface area contributed by atoms with Gasteiger partial charge in [0.1, 0.15) is 5.82 Å². The molecule has 2 aromatic rings. The molecule has 1 aromatic carbocycles. The number of hydrogen-bond donors (Lipinski definition) is 1. The van der Waals surface area contributed by atoms with E-state index in [4.69, 9.17) is 17.3 Å². The quantitative estimate of drug-likeness (QED) is 0.925. The molecule has 2 rings (SSSR count). The van der Waals surface area contributed by atoms with Crippen molar-refractivity contribution in [1.29, 1.82) is 0 Å². The van der Waals surface area contributed by atoms with Crippen LogP contribution in [0.2, 0.25) is 5.02 Å². The summed E-state index contributed by atoms with van der Waals surface area (Å²) in [5.41, 5.74) is 7.57. The van der Waals surface area contributed by atoms with Gasteiger partial charge in [-0.3, -0.25) is 4.68 Å². The zero-order chi connectivity index (χ0) is 13.1. The SMILES string of the molecule is CCCn1nccc1C(N)c1cccc(F)c1Cl. The summed E-state index contributed by atoms with van der Waals surface area (Å²) in [5.74, 6) is -0.453. The minimum absolute atomic E-state index is 0.0780. The molecule has 0 fully saturated rings. The summed E-state index contributed by atoms with van der Waals surface area (Å²) in [6, 6.07) is 6.03. The fourth-order valence-electron chi connectivity index (χ4n) is 1.93. The Morgan fingerprint density at radius 1 is 1.44 bits per heavy atom. The van der Waals surface area contributed by atoms with Crippen molar-refractivity contribution >= 4 is 11.6 Å². The highest BCUT2D eigenvalue weighted by atomic mass is 35.5. The number of aromatic nitrogens is 2. The van der Waals surface area contributed by atoms with Gasteiger partial charge in [0.15, 0.2) is 0 Å². The average Bonchev–Trinajstić information content (AvgIpc) is 2.80. The van der Waals surface area contributed by atoms with Crippen molar-refractivity contribution in [2.24, 2.45) is 5.73 Å². The lowest BCUT2D eigenvalue weighted by molar-refractivity contribution is 0.558. The van der Waals surface area contributed by atoms with Crippen molar-refractivity contribution in [1.82, 2.24) is 9.78 Å². The van der Waals surface area contributed by atoms with Crippen molar-refractivity contribution in [3.8, 4) is 0 Å². The Morgan fingerprint density at radius 3 is 2.94 bits per heavy atom. The molecule has 1 atom stereocenters. The molecular formula is C13H15ClFN3. The highest BCUT2D eigenvalue weighted by molar-refractivity contribution is 6.31. The summed E-state index contributed by atoms with van der Waals surface area (Å²) in [4.78, 5) is 0. The van der Waals surface area contributed by atoms with Crippen LogP contribution in [0.15, 0.2) is 30.5 Å². The van der Waals surface area contributed by atoms with E-state index < -0.39 is 11.9 Å². The van der Waals surface area contributed by atoms with Gasteiger partial charge in [0.05, 0.1) is 16.8 Å². The number of rotatable bonds is 4. The first-order chi connectivity index (χ1) is 8.65. The molecule has 2 N–H and O–H groups in total. The predicted octanol–water partition coefficient (Wildman–Crippen LogP) is 3.13. The summed E-state index contributed by atoms with van der Waals surface area (Å²) in [7, 11) is 0. The first-order valence-corrected chi connectivity index (χ1v) is 6.24. The van der Waals surface area contributed by atoms with E-state index in [0.717, 1.165) is 18.7 Å². The zero-order valence-corrected chi connectivity index (χ0v) is 10.9. The third-order valence-electron chi connectivity index (χ3n) is 2.82. The highest BCUT2D eigenvalue weighted by Gasteiger charge is 2.18. The minimum atomic E-state index is -0.470. The lowest BCUT2D eigenvalue weighted by Crippen LogP contribution is -2.18. The molecule has 0 bridgehead atoms. The van der Waals surface area contributed by atoms with Crippen molar-refractivity contribution in [3.05, 3.63) is 52.6 Å². The molecule has 0 saturated heterocycles. The van der Waals surface area contributed by atoms with Crippen LogP contribution in [0.5, 0.6) is 0 Å². The number of hydrogen-bond acceptors (Lipinski definition) is 2. The smallest absolute Gasteiger partial charge is 0.142 e. The molecule has 96 valence electrons. The first kappa shape index (κ1) is 13.1. The van der Waals surface area contributed by atoms with Crippen LogP contribution in [0.25, 0.3) is 0 Å². The third kappa shape index (κ3) is 2.40. The van der Waals surface area contributed by atoms with Crippen molar-refractivity contribution in [3.63, 3.8) is 0 Å². The number of aryl methyl sites for hydroxylation is 1. The molecule has 1 aromatic heterocycles. The van der Waals surface area contributed by atoms with Crippen molar-refractivity contribution in [2.75, 3.05) is 0 Å². The molecule has 1 heterocycles. The maximum Gasteiger partial charge on any atom is 0.142 e. The minimum Gasteiger partial charge on any atom is -0.319 e. The van der Waals surface area contributed by atoms with Crippen molar-refractivity contribution in [2.45, 2.75) is 25.9 Å². The van der Waals surface area contributed by atoms with Crippen LogP contribution < -0.4 is 5.73 Å². The van der Waals surface area contributed by atoms with Gasteiger partial charge in [-0.15, -0.1) is 0 Å². The highest BCUT2D eigenvalue weighted by Crippen LogP contribution is 2.28. The van der Waals surface area contributed by atoms with Crippen LogP contribution in [0.4, 0.5) is 4.39 Å². The molecule has 5 heteroatoms. The van der Waals surface area contributed by atoms with Crippen LogP contribution in [0.3, 0.4) is 0 Å². The average molecular weight is 268 g/mol. The van der Waals surface area contributed by atoms with E-state index in [1.54, 1.807) is 18.3 Å². The molecule has 0 aliphatic heterocycles. The van der Waals surface area contributed by atoms with Gasteiger partial charge in [0.25, 0.3) is 0 Å². The van der Waals surface area contributed by atoms with E-state index in [1.165, 1.54) is 6.07 Å². The Balaban J connectivity index is 2.38. The molecular weight excluding hydrogens is 253 g/mol. The Bertz CT molecular complexity index is 539. The zero-order valence-electron chi connectivity index (χ0n) is 10.1. The molecule has 0 amide bonds. The molecule has 0 radical (unpaired) electrons. The van der Waals surface area contributed by atoms with Gasteiger partial charge >= 0.3 is 0 Å². The summed E-state index contributed by atoms with van der Waals surface area (Å²) in [6.45, 7) is 2.84. The van der Waals surface area contributed by atoms with Gasteiger partial charge in [-0.1, -0.05) is 30.7 Å². The van der Waals surface area contributed by atoms with Crippen LogP contribution in [0, 0.1) is 5.82 Å². The lowest BCUT2D eigenvalue weighted by Gasteiger charge is -2.15. The summed E-state index contributed by atoms with van der Waals surface area (Å²) < 4.78 is 15.2. The topological polar surface area (TPSA) is 43.8 Å². The van der Waals surface area contributed by atoms with Gasteiger partial charge < -0.3 is 5.73 Å². The number of nitrogens with two attached hydrogens (primary N) is 1. The molecule has 18 heavy (non-hydrogen) atoms. The molecule has 0 saturated carbocycles. The van der Waals surface area contributed by atoms with Crippen LogP contribution in [-0.4, -0.2) is 9.78 Å². The Kier molecular flexibility index (Phi) is 3.99. The number of nitrogens with zero attached hydrogens (tertiary/aromatic N) is 2. The van der Waals surface area contributed by atoms with Crippen molar-refractivity contribution < 1.29 is 4.39 Å². The van der Waals surface area contributed by atoms with E-state index >= 15 is 0 Å². The van der Waals surface area contributed by atoms with Gasteiger partial charge in [-0.05, 0) is 24.1 Å². The molecule has 3 nitrogen and oxygen atoms in total. The Hall–Kier alpha value is -1.39. The molecule has 0 aliphatic rings. The summed E-state index contributed by atoms with van der Waals surface area (Å²) in [5, 5.41) is 4.28. The maximum absolute atomic E-state index is 13.4. The summed E-state index contributed by atoms with van der Waals surface area (Å²) >= 11 is 5.95. The predicted molar refractivity (Wildman–Crippen MR) is 70.0 cm³/mol. The maximum atomic E-state index is 13.4. The van der Waals surface area contributed by atoms with E-state index in [1.807, 2.05) is 10.7 Å². The second-order valence-electron chi connectivity index (χ2n) is 4.10. The number of benzene rings is 1. The van der Waals surface area contributed by atoms with Gasteiger partial charge in [0, 0.05) is 12.7 Å². The summed E-state index contributed by atoms with van der Waals surface area (Å²) in [6.07, 6.45) is 2.65. The largest absolute Gasteiger partial charge is 0.319 e. The third-order valence-corrected chi connectivity index (χ3v) is 3.22. The van der Waals surface area contributed by atoms with Gasteiger partial charge in [0.2, 0.25) is 0 Å². The molecule has 1 unspecified atom stereocenters. The van der Waals surface area contributed by atoms with E-state index in [0.29, 0.717) is 5.56 Å². The fraction of sp³-hybridized carbons (Fsp3) is 0.308. The fourth-order valence-corrected chi connectivity index (χ4v) is 2.17. The molecule has 0 aliphatic carbocycles. The van der Waals surface area contributed by atoms with Gasteiger partial charge in [-0.2, -0.15) is 5.10 Å². The molecule has 0 spiro atoms. The van der Waals surface area contributed by atoms with E-state index in [9.17, 15) is 4.39 Å².